The first-order valence-electron chi connectivity index (χ1n) is 11.9. The van der Waals surface area contributed by atoms with E-state index in [0.717, 1.165) is 37.1 Å². The van der Waals surface area contributed by atoms with Gasteiger partial charge >= 0.3 is 5.97 Å². The summed E-state index contributed by atoms with van der Waals surface area (Å²) in [6.45, 7) is 4.42. The summed E-state index contributed by atoms with van der Waals surface area (Å²) in [5.74, 6) is 1.05. The number of hydrogen-bond donors (Lipinski definition) is 0. The number of hydrogen-bond acceptors (Lipinski definition) is 4. The van der Waals surface area contributed by atoms with Crippen molar-refractivity contribution in [1.29, 1.82) is 0 Å². The molecule has 0 radical (unpaired) electrons. The van der Waals surface area contributed by atoms with Gasteiger partial charge in [-0.15, -0.1) is 0 Å². The molecule has 0 aliphatic rings. The normalized spacial score (nSPS) is 12.6. The number of ether oxygens (including phenoxy) is 2. The van der Waals surface area contributed by atoms with Crippen LogP contribution in [0, 0.1) is 0 Å². The number of nitrogens with zero attached hydrogens (tertiary/aromatic N) is 1. The molecule has 4 heteroatoms. The first-order chi connectivity index (χ1) is 16.1. The number of methoxy groups -OCH3 is 1. The minimum absolute atomic E-state index is 0.0277. The Balaban J connectivity index is 1.85. The van der Waals surface area contributed by atoms with Crippen molar-refractivity contribution < 1.29 is 14.3 Å². The second-order valence-corrected chi connectivity index (χ2v) is 8.33. The number of rotatable bonds is 12. The molecule has 174 valence electrons. The lowest BCUT2D eigenvalue weighted by atomic mass is 9.98. The quantitative estimate of drug-likeness (QED) is 0.168. The standard InChI is InChI=1S/C29H35NO3/c1-4-5-8-17-26(22-29(31)33-28-20-18-27(32-3)19-21-28)30(25-15-11-7-12-16-25)23(2)24-13-9-6-10-14-24/h6-7,9-16,18-21,23,26H,4-5,8,17,22H2,1-3H3/t23-,26-/m1/s1. The first-order valence-corrected chi connectivity index (χ1v) is 11.9. The van der Waals surface area contributed by atoms with E-state index in [0.29, 0.717) is 12.2 Å². The molecule has 0 spiro atoms. The average Bonchev–Trinajstić information content (AvgIpc) is 2.86. The van der Waals surface area contributed by atoms with Gasteiger partial charge in [-0.2, -0.15) is 0 Å². The largest absolute Gasteiger partial charge is 0.497 e. The van der Waals surface area contributed by atoms with Crippen LogP contribution in [0.25, 0.3) is 0 Å². The van der Waals surface area contributed by atoms with E-state index in [1.165, 1.54) is 5.56 Å². The summed E-state index contributed by atoms with van der Waals surface area (Å²) >= 11 is 0. The zero-order valence-electron chi connectivity index (χ0n) is 19.9. The third kappa shape index (κ3) is 7.11. The highest BCUT2D eigenvalue weighted by Crippen LogP contribution is 2.32. The molecule has 0 aliphatic carbocycles. The molecule has 0 saturated carbocycles. The van der Waals surface area contributed by atoms with Crippen molar-refractivity contribution in [2.24, 2.45) is 0 Å². The lowest BCUT2D eigenvalue weighted by Gasteiger charge is -2.39. The molecule has 2 atom stereocenters. The predicted octanol–water partition coefficient (Wildman–Crippen LogP) is 7.21. The average molecular weight is 446 g/mol. The number of anilines is 1. The Morgan fingerprint density at radius 3 is 2.06 bits per heavy atom. The Morgan fingerprint density at radius 1 is 0.848 bits per heavy atom. The van der Waals surface area contributed by atoms with Crippen molar-refractivity contribution in [1.82, 2.24) is 0 Å². The molecule has 0 fully saturated rings. The number of esters is 1. The van der Waals surface area contributed by atoms with Crippen LogP contribution in [0.4, 0.5) is 5.69 Å². The molecule has 0 heterocycles. The van der Waals surface area contributed by atoms with E-state index in [-0.39, 0.29) is 18.1 Å². The lowest BCUT2D eigenvalue weighted by Crippen LogP contribution is -2.40. The Hall–Kier alpha value is -3.27. The van der Waals surface area contributed by atoms with Gasteiger partial charge in [-0.05, 0) is 55.3 Å². The molecule has 0 unspecified atom stereocenters. The fourth-order valence-corrected chi connectivity index (χ4v) is 4.22. The highest BCUT2D eigenvalue weighted by Gasteiger charge is 2.27. The van der Waals surface area contributed by atoms with Crippen LogP contribution < -0.4 is 14.4 Å². The van der Waals surface area contributed by atoms with Crippen LogP contribution in [0.15, 0.2) is 84.9 Å². The molecule has 0 N–H and O–H groups in total. The Labute approximate surface area is 198 Å². The minimum atomic E-state index is -0.220. The van der Waals surface area contributed by atoms with Crippen molar-refractivity contribution in [3.05, 3.63) is 90.5 Å². The maximum absolute atomic E-state index is 13.0. The van der Waals surface area contributed by atoms with Crippen LogP contribution in [-0.2, 0) is 4.79 Å². The smallest absolute Gasteiger partial charge is 0.313 e. The molecule has 0 bridgehead atoms. The minimum Gasteiger partial charge on any atom is -0.497 e. The van der Waals surface area contributed by atoms with Crippen LogP contribution in [0.2, 0.25) is 0 Å². The Kier molecular flexibility index (Phi) is 9.37. The Bertz CT molecular complexity index is 957. The zero-order chi connectivity index (χ0) is 23.5. The van der Waals surface area contributed by atoms with Gasteiger partial charge in [0.2, 0.25) is 0 Å². The number of benzene rings is 3. The summed E-state index contributed by atoms with van der Waals surface area (Å²) in [7, 11) is 1.62. The van der Waals surface area contributed by atoms with E-state index in [1.54, 1.807) is 31.4 Å². The number of carbonyl (C=O) groups is 1. The molecule has 33 heavy (non-hydrogen) atoms. The highest BCUT2D eigenvalue weighted by atomic mass is 16.5. The second-order valence-electron chi connectivity index (χ2n) is 8.33. The van der Waals surface area contributed by atoms with E-state index in [2.05, 4.69) is 67.3 Å². The summed E-state index contributed by atoms with van der Waals surface area (Å²) < 4.78 is 10.9. The second kappa shape index (κ2) is 12.7. The van der Waals surface area contributed by atoms with Crippen LogP contribution >= 0.6 is 0 Å². The predicted molar refractivity (Wildman–Crippen MR) is 135 cm³/mol. The molecular weight excluding hydrogens is 410 g/mol. The number of para-hydroxylation sites is 1. The molecular formula is C29H35NO3. The van der Waals surface area contributed by atoms with E-state index in [9.17, 15) is 4.79 Å². The third-order valence-corrected chi connectivity index (χ3v) is 5.98. The number of carbonyl (C=O) groups excluding carboxylic acids is 1. The fourth-order valence-electron chi connectivity index (χ4n) is 4.22. The van der Waals surface area contributed by atoms with Crippen molar-refractivity contribution >= 4 is 11.7 Å². The van der Waals surface area contributed by atoms with Gasteiger partial charge in [0.25, 0.3) is 0 Å². The number of unbranched alkanes of at least 4 members (excludes halogenated alkanes) is 2. The molecule has 3 rings (SSSR count). The highest BCUT2D eigenvalue weighted by molar-refractivity contribution is 5.74. The third-order valence-electron chi connectivity index (χ3n) is 5.98. The van der Waals surface area contributed by atoms with Gasteiger partial charge < -0.3 is 14.4 Å². The maximum Gasteiger partial charge on any atom is 0.313 e. The molecule has 0 aromatic heterocycles. The SMILES string of the molecule is CCCCC[C@H](CC(=O)Oc1ccc(OC)cc1)N(c1ccccc1)[C@H](C)c1ccccc1. The monoisotopic (exact) mass is 445 g/mol. The van der Waals surface area contributed by atoms with Crippen LogP contribution in [0.3, 0.4) is 0 Å². The van der Waals surface area contributed by atoms with Gasteiger partial charge in [0.1, 0.15) is 11.5 Å². The van der Waals surface area contributed by atoms with E-state index in [4.69, 9.17) is 9.47 Å². The Morgan fingerprint density at radius 2 is 1.45 bits per heavy atom. The van der Waals surface area contributed by atoms with Gasteiger partial charge in [0, 0.05) is 11.7 Å². The summed E-state index contributed by atoms with van der Waals surface area (Å²) in [5.41, 5.74) is 2.35. The molecule has 0 saturated heterocycles. The lowest BCUT2D eigenvalue weighted by molar-refractivity contribution is -0.134. The van der Waals surface area contributed by atoms with Crippen molar-refractivity contribution in [3.8, 4) is 11.5 Å². The zero-order valence-corrected chi connectivity index (χ0v) is 19.9. The molecule has 3 aromatic rings. The van der Waals surface area contributed by atoms with Gasteiger partial charge in [-0.1, -0.05) is 74.7 Å². The van der Waals surface area contributed by atoms with Crippen molar-refractivity contribution in [2.45, 2.75) is 58.0 Å². The molecule has 4 nitrogen and oxygen atoms in total. The van der Waals surface area contributed by atoms with Gasteiger partial charge in [-0.3, -0.25) is 4.79 Å². The summed E-state index contributed by atoms with van der Waals surface area (Å²) in [5, 5.41) is 0. The first kappa shape index (κ1) is 24.4. The van der Waals surface area contributed by atoms with Gasteiger partial charge in [-0.25, -0.2) is 0 Å². The van der Waals surface area contributed by atoms with E-state index >= 15 is 0 Å². The van der Waals surface area contributed by atoms with Gasteiger partial charge in [0.05, 0.1) is 19.6 Å². The molecule has 0 aliphatic heterocycles. The summed E-state index contributed by atoms with van der Waals surface area (Å²) in [4.78, 5) is 15.4. The van der Waals surface area contributed by atoms with Crippen LogP contribution in [-0.4, -0.2) is 19.1 Å². The van der Waals surface area contributed by atoms with Gasteiger partial charge in [0.15, 0.2) is 0 Å². The van der Waals surface area contributed by atoms with E-state index < -0.39 is 0 Å². The topological polar surface area (TPSA) is 38.8 Å². The van der Waals surface area contributed by atoms with Crippen LogP contribution in [0.1, 0.15) is 57.6 Å². The van der Waals surface area contributed by atoms with Crippen LogP contribution in [0.5, 0.6) is 11.5 Å². The van der Waals surface area contributed by atoms with Crippen molar-refractivity contribution in [2.75, 3.05) is 12.0 Å². The fraction of sp³-hybridized carbons (Fsp3) is 0.345. The summed E-state index contributed by atoms with van der Waals surface area (Å²) in [6.07, 6.45) is 4.61. The van der Waals surface area contributed by atoms with E-state index in [1.807, 2.05) is 12.1 Å². The molecule has 3 aromatic carbocycles. The molecule has 0 amide bonds. The van der Waals surface area contributed by atoms with Crippen molar-refractivity contribution in [3.63, 3.8) is 0 Å². The maximum atomic E-state index is 13.0. The summed E-state index contributed by atoms with van der Waals surface area (Å²) in [6, 6.07) is 28.1.